The molecule has 0 bridgehead atoms. The molecule has 2 nitrogen and oxygen atoms in total. The van der Waals surface area contributed by atoms with Gasteiger partial charge in [-0.3, -0.25) is 0 Å². The average molecular weight is 408 g/mol. The Hall–Kier alpha value is 1.41. The van der Waals surface area contributed by atoms with Crippen LogP contribution in [0.5, 0.6) is 0 Å². The molecule has 1 aliphatic rings. The van der Waals surface area contributed by atoms with E-state index in [0.29, 0.717) is 0 Å². The second-order valence-electron chi connectivity index (χ2n) is 4.24. The summed E-state index contributed by atoms with van der Waals surface area (Å²) in [5, 5.41) is 0. The summed E-state index contributed by atoms with van der Waals surface area (Å²) in [6.45, 7) is 4.40. The summed E-state index contributed by atoms with van der Waals surface area (Å²) in [4.78, 5) is -1.80. The van der Waals surface area contributed by atoms with Crippen LogP contribution in [0, 0.1) is 0 Å². The zero-order valence-electron chi connectivity index (χ0n) is 7.14. The molecule has 1 rings (SSSR count). The van der Waals surface area contributed by atoms with Crippen molar-refractivity contribution in [1.82, 2.24) is 0 Å². The van der Waals surface area contributed by atoms with E-state index in [1.165, 1.54) is 0 Å². The zero-order chi connectivity index (χ0) is 8.91. The monoisotopic (exact) mass is 407 g/mol. The van der Waals surface area contributed by atoms with Crippen molar-refractivity contribution >= 4 is 31.3 Å². The first-order valence-electron chi connectivity index (χ1n) is 3.62. The second kappa shape index (κ2) is 3.52. The summed E-state index contributed by atoms with van der Waals surface area (Å²) < 4.78 is 0. The van der Waals surface area contributed by atoms with E-state index in [2.05, 4.69) is 13.1 Å². The quantitative estimate of drug-likeness (QED) is 0.363. The van der Waals surface area contributed by atoms with E-state index in [1.54, 1.807) is 0 Å². The number of rotatable bonds is 0. The van der Waals surface area contributed by atoms with Gasteiger partial charge in [0.2, 0.25) is 0 Å². The Balaban J connectivity index is 0.00000121. The summed E-state index contributed by atoms with van der Waals surface area (Å²) in [6.07, 6.45) is 0. The van der Waals surface area contributed by atoms with Crippen molar-refractivity contribution in [3.63, 3.8) is 0 Å². The van der Waals surface area contributed by atoms with Gasteiger partial charge in [-0.2, -0.15) is 0 Å². The van der Waals surface area contributed by atoms with Crippen molar-refractivity contribution in [2.45, 2.75) is 35.2 Å². The third-order valence-electron chi connectivity index (χ3n) is 2.16. The Labute approximate surface area is 98.6 Å². The van der Waals surface area contributed by atoms with Gasteiger partial charge in [-0.25, -0.2) is 0 Å². The molecule has 12 heavy (non-hydrogen) atoms. The van der Waals surface area contributed by atoms with Gasteiger partial charge >= 0.3 is 0 Å². The van der Waals surface area contributed by atoms with Gasteiger partial charge in [-0.1, -0.05) is 36.3 Å². The normalized spacial score (nSPS) is 45.5. The van der Waals surface area contributed by atoms with Crippen LogP contribution in [0.3, 0.4) is 0 Å². The van der Waals surface area contributed by atoms with Gasteiger partial charge in [0.25, 0.3) is 0 Å². The molecule has 6 heteroatoms. The smallest absolute Gasteiger partial charge is 0.121 e. The number of hydrogen-bond donors (Lipinski definition) is 2. The molecule has 4 N–H and O–H groups in total. The Bertz CT molecular complexity index is 166. The minimum atomic E-state index is -1.32. The van der Waals surface area contributed by atoms with Gasteiger partial charge < -0.3 is 11.5 Å². The van der Waals surface area contributed by atoms with Gasteiger partial charge in [-0.15, -0.1) is 0 Å². The summed E-state index contributed by atoms with van der Waals surface area (Å²) in [5.41, 5.74) is 11.5. The first-order valence-corrected chi connectivity index (χ1v) is 7.79. The molecule has 0 aromatic rings. The van der Waals surface area contributed by atoms with Crippen LogP contribution in [0.2, 0.25) is 25.2 Å². The Kier molecular flexibility index (Phi) is 3.93. The van der Waals surface area contributed by atoms with Crippen LogP contribution in [0.1, 0.15) is 0 Å². The minimum absolute atomic E-state index is 0. The number of nitrogens with two attached hydrogens (primary N) is 2. The van der Waals surface area contributed by atoms with Gasteiger partial charge in [-0.05, 0) is 12.1 Å². The van der Waals surface area contributed by atoms with Crippen LogP contribution in [-0.2, 0) is 21.1 Å². The molecule has 0 aromatic carbocycles. The molecular weight excluding hydrogens is 394 g/mol. The molecule has 1 saturated heterocycles. The van der Waals surface area contributed by atoms with Crippen LogP contribution in [0.4, 0.5) is 0 Å². The van der Waals surface area contributed by atoms with Crippen LogP contribution in [0.25, 0.3) is 0 Å². The molecular formula is C6H14Cl2N2PtSi. The molecule has 0 radical (unpaired) electrons. The maximum absolute atomic E-state index is 6.00. The fourth-order valence-corrected chi connectivity index (χ4v) is 7.82. The molecule has 0 aromatic heterocycles. The summed E-state index contributed by atoms with van der Waals surface area (Å²) in [6, 6.07) is 1.59. The maximum Gasteiger partial charge on any atom is 0.121 e. The van der Waals surface area contributed by atoms with Crippen molar-refractivity contribution in [1.29, 1.82) is 0 Å². The molecule has 1 heterocycles. The predicted octanol–water partition coefficient (Wildman–Crippen LogP) is 1.49. The van der Waals surface area contributed by atoms with Crippen LogP contribution in [0.15, 0.2) is 0 Å². The Morgan fingerprint density at radius 1 is 1.08 bits per heavy atom. The number of hydrogen-bond acceptors (Lipinski definition) is 2. The van der Waals surface area contributed by atoms with E-state index >= 15 is 0 Å². The molecule has 1 fully saturated rings. The number of halogens is 2. The van der Waals surface area contributed by atoms with E-state index in [-0.39, 0.29) is 21.1 Å². The van der Waals surface area contributed by atoms with Crippen molar-refractivity contribution in [2.75, 3.05) is 0 Å². The topological polar surface area (TPSA) is 52.0 Å². The fraction of sp³-hybridized carbons (Fsp3) is 1.00. The second-order valence-corrected chi connectivity index (χ2v) is 10.6. The Morgan fingerprint density at radius 2 is 1.33 bits per heavy atom. The summed E-state index contributed by atoms with van der Waals surface area (Å²) in [7, 11) is -1.32. The van der Waals surface area contributed by atoms with Gasteiger partial charge in [0.05, 0.1) is 8.07 Å². The first kappa shape index (κ1) is 13.4. The van der Waals surface area contributed by atoms with E-state index in [1.807, 2.05) is 0 Å². The standard InChI is InChI=1S/C6H14Cl2N2Si.Pt/c1-11(2)3-5(7,9)6(8,10)4-11;/h3-4,9-10H2,1-2H3;/t5-,6-;/m1./s1. The summed E-state index contributed by atoms with van der Waals surface area (Å²) >= 11 is 12.0. The van der Waals surface area contributed by atoms with Gasteiger partial charge in [0.1, 0.15) is 10.00 Å². The van der Waals surface area contributed by atoms with E-state index in [9.17, 15) is 0 Å². The molecule has 2 atom stereocenters. The maximum atomic E-state index is 6.00. The van der Waals surface area contributed by atoms with Gasteiger partial charge in [0.15, 0.2) is 0 Å². The Morgan fingerprint density at radius 3 is 1.42 bits per heavy atom. The molecule has 1 aliphatic heterocycles. The molecule has 0 spiro atoms. The van der Waals surface area contributed by atoms with Crippen LogP contribution in [-0.4, -0.2) is 18.1 Å². The van der Waals surface area contributed by atoms with Crippen LogP contribution >= 0.6 is 23.2 Å². The number of alkyl halides is 2. The van der Waals surface area contributed by atoms with Crippen molar-refractivity contribution in [3.05, 3.63) is 0 Å². The third kappa shape index (κ3) is 2.46. The van der Waals surface area contributed by atoms with Crippen molar-refractivity contribution in [2.24, 2.45) is 11.5 Å². The minimum Gasteiger partial charge on any atom is -0.310 e. The fourth-order valence-electron chi connectivity index (χ4n) is 1.75. The average Bonchev–Trinajstić information content (AvgIpc) is 1.66. The van der Waals surface area contributed by atoms with Gasteiger partial charge in [0, 0.05) is 21.1 Å². The van der Waals surface area contributed by atoms with Crippen LogP contribution < -0.4 is 11.5 Å². The third-order valence-corrected chi connectivity index (χ3v) is 6.68. The van der Waals surface area contributed by atoms with E-state index in [4.69, 9.17) is 34.7 Å². The molecule has 76 valence electrons. The zero-order valence-corrected chi connectivity index (χ0v) is 11.9. The SMILES string of the molecule is C[Si]1(C)C[C@](N)(Cl)[C@@](N)(Cl)C1.[Pt]. The van der Waals surface area contributed by atoms with Crippen molar-refractivity contribution < 1.29 is 21.1 Å². The molecule has 0 saturated carbocycles. The molecule has 0 aliphatic carbocycles. The first-order chi connectivity index (χ1) is 4.66. The summed E-state index contributed by atoms with van der Waals surface area (Å²) in [5.74, 6) is 0. The molecule has 0 unspecified atom stereocenters. The molecule has 0 amide bonds. The van der Waals surface area contributed by atoms with Crippen molar-refractivity contribution in [3.8, 4) is 0 Å². The van der Waals surface area contributed by atoms with E-state index in [0.717, 1.165) is 12.1 Å². The van der Waals surface area contributed by atoms with E-state index < -0.39 is 18.1 Å². The predicted molar refractivity (Wildman–Crippen MR) is 52.6 cm³/mol. The largest absolute Gasteiger partial charge is 0.310 e.